The zero-order chi connectivity index (χ0) is 16.2. The number of nitrogens with zero attached hydrogens (tertiary/aromatic N) is 2. The van der Waals surface area contributed by atoms with Crippen molar-refractivity contribution in [3.63, 3.8) is 0 Å². The normalized spacial score (nSPS) is 12.2. The molecule has 0 aliphatic carbocycles. The van der Waals surface area contributed by atoms with Crippen LogP contribution in [0.1, 0.15) is 40.0 Å². The maximum atomic E-state index is 12.2. The van der Waals surface area contributed by atoms with E-state index in [4.69, 9.17) is 5.73 Å². The van der Waals surface area contributed by atoms with Crippen molar-refractivity contribution in [2.45, 2.75) is 46.6 Å². The van der Waals surface area contributed by atoms with Gasteiger partial charge >= 0.3 is 5.69 Å². The topological polar surface area (TPSA) is 101 Å². The molecule has 0 saturated carbocycles. The molecule has 0 saturated heterocycles. The van der Waals surface area contributed by atoms with Gasteiger partial charge in [-0.1, -0.05) is 27.2 Å². The standard InChI is InChI=1S/C14H24N4O3/c1-5-7-8-18-11(15)10(12(19)16-14(18)21)17(4)13(20)9(3)6-2/h9H,5-8,15H2,1-4H3,(H,16,19,21). The number of nitrogens with two attached hydrogens (primary N) is 1. The monoisotopic (exact) mass is 296 g/mol. The summed E-state index contributed by atoms with van der Waals surface area (Å²) in [6, 6.07) is 0. The highest BCUT2D eigenvalue weighted by Crippen LogP contribution is 2.18. The number of unbranched alkanes of at least 4 members (excludes halogenated alkanes) is 1. The number of rotatable bonds is 6. The summed E-state index contributed by atoms with van der Waals surface area (Å²) in [4.78, 5) is 39.5. The number of nitrogens with one attached hydrogen (secondary N) is 1. The number of anilines is 2. The molecule has 1 aromatic rings. The number of carbonyl (C=O) groups excluding carboxylic acids is 1. The van der Waals surface area contributed by atoms with Gasteiger partial charge in [-0.25, -0.2) is 4.79 Å². The van der Waals surface area contributed by atoms with Crippen molar-refractivity contribution in [1.29, 1.82) is 0 Å². The molecule has 1 aromatic heterocycles. The molecule has 0 bridgehead atoms. The Balaban J connectivity index is 3.33. The average molecular weight is 296 g/mol. The van der Waals surface area contributed by atoms with Crippen LogP contribution in [0.15, 0.2) is 9.59 Å². The van der Waals surface area contributed by atoms with Crippen molar-refractivity contribution in [3.8, 4) is 0 Å². The predicted molar refractivity (Wildman–Crippen MR) is 83.5 cm³/mol. The molecule has 1 unspecified atom stereocenters. The third-order valence-electron chi connectivity index (χ3n) is 3.65. The molecule has 1 amide bonds. The van der Waals surface area contributed by atoms with Crippen LogP contribution >= 0.6 is 0 Å². The van der Waals surface area contributed by atoms with Crippen molar-refractivity contribution < 1.29 is 4.79 Å². The van der Waals surface area contributed by atoms with Gasteiger partial charge in [0.15, 0.2) is 5.69 Å². The molecule has 3 N–H and O–H groups in total. The Kier molecular flexibility index (Phi) is 5.75. The van der Waals surface area contributed by atoms with Gasteiger partial charge in [0.2, 0.25) is 5.91 Å². The van der Waals surface area contributed by atoms with Crippen LogP contribution in [0.25, 0.3) is 0 Å². The van der Waals surface area contributed by atoms with Crippen LogP contribution < -0.4 is 21.9 Å². The van der Waals surface area contributed by atoms with Crippen molar-refractivity contribution in [3.05, 3.63) is 20.8 Å². The zero-order valence-corrected chi connectivity index (χ0v) is 13.1. The Morgan fingerprint density at radius 1 is 1.38 bits per heavy atom. The van der Waals surface area contributed by atoms with Crippen molar-refractivity contribution in [2.75, 3.05) is 17.7 Å². The molecule has 0 radical (unpaired) electrons. The van der Waals surface area contributed by atoms with Crippen LogP contribution in [0, 0.1) is 5.92 Å². The van der Waals surface area contributed by atoms with E-state index in [9.17, 15) is 14.4 Å². The maximum Gasteiger partial charge on any atom is 0.330 e. The number of carbonyl (C=O) groups is 1. The molecular formula is C14H24N4O3. The van der Waals surface area contributed by atoms with Gasteiger partial charge in [-0.2, -0.15) is 0 Å². The predicted octanol–water partition coefficient (Wildman–Crippen LogP) is 0.928. The van der Waals surface area contributed by atoms with Gasteiger partial charge in [-0.3, -0.25) is 19.1 Å². The Hall–Kier alpha value is -2.05. The lowest BCUT2D eigenvalue weighted by atomic mass is 10.1. The highest BCUT2D eigenvalue weighted by atomic mass is 16.2. The second kappa shape index (κ2) is 7.10. The van der Waals surface area contributed by atoms with Gasteiger partial charge in [-0.05, 0) is 12.8 Å². The number of hydrogen-bond donors (Lipinski definition) is 2. The first kappa shape index (κ1) is 17.0. The highest BCUT2D eigenvalue weighted by molar-refractivity contribution is 5.96. The molecule has 118 valence electrons. The maximum absolute atomic E-state index is 12.2. The molecular weight excluding hydrogens is 272 g/mol. The van der Waals surface area contributed by atoms with Crippen LogP contribution in [0.5, 0.6) is 0 Å². The molecule has 0 fully saturated rings. The van der Waals surface area contributed by atoms with E-state index < -0.39 is 11.2 Å². The van der Waals surface area contributed by atoms with Gasteiger partial charge in [0, 0.05) is 19.5 Å². The molecule has 7 heteroatoms. The van der Waals surface area contributed by atoms with E-state index in [1.54, 1.807) is 6.92 Å². The second-order valence-electron chi connectivity index (χ2n) is 5.20. The lowest BCUT2D eigenvalue weighted by Crippen LogP contribution is -2.40. The minimum Gasteiger partial charge on any atom is -0.383 e. The zero-order valence-electron chi connectivity index (χ0n) is 13.1. The first-order chi connectivity index (χ1) is 9.84. The average Bonchev–Trinajstić information content (AvgIpc) is 2.44. The number of amides is 1. The summed E-state index contributed by atoms with van der Waals surface area (Å²) in [5.74, 6) is -0.378. The Labute approximate surface area is 123 Å². The summed E-state index contributed by atoms with van der Waals surface area (Å²) in [5, 5.41) is 0. The molecule has 1 rings (SSSR count). The van der Waals surface area contributed by atoms with Gasteiger partial charge in [0.25, 0.3) is 5.56 Å². The summed E-state index contributed by atoms with van der Waals surface area (Å²) in [7, 11) is 1.50. The summed E-state index contributed by atoms with van der Waals surface area (Å²) in [6.07, 6.45) is 2.32. The fourth-order valence-electron chi connectivity index (χ4n) is 2.06. The Morgan fingerprint density at radius 2 is 2.00 bits per heavy atom. The van der Waals surface area contributed by atoms with Crippen molar-refractivity contribution >= 4 is 17.4 Å². The lowest BCUT2D eigenvalue weighted by molar-refractivity contribution is -0.121. The third kappa shape index (κ3) is 3.53. The molecule has 0 spiro atoms. The Morgan fingerprint density at radius 3 is 2.52 bits per heavy atom. The van der Waals surface area contributed by atoms with E-state index in [0.29, 0.717) is 13.0 Å². The molecule has 7 nitrogen and oxygen atoms in total. The van der Waals surface area contributed by atoms with E-state index in [-0.39, 0.29) is 23.3 Å². The largest absolute Gasteiger partial charge is 0.383 e. The summed E-state index contributed by atoms with van der Waals surface area (Å²) < 4.78 is 1.31. The smallest absolute Gasteiger partial charge is 0.330 e. The molecule has 21 heavy (non-hydrogen) atoms. The molecule has 0 aliphatic heterocycles. The van der Waals surface area contributed by atoms with Crippen LogP contribution in [0.3, 0.4) is 0 Å². The summed E-state index contributed by atoms with van der Waals surface area (Å²) in [6.45, 7) is 6.09. The molecule has 0 aliphatic rings. The highest BCUT2D eigenvalue weighted by Gasteiger charge is 2.23. The minimum absolute atomic E-state index is 0.0380. The second-order valence-corrected chi connectivity index (χ2v) is 5.20. The summed E-state index contributed by atoms with van der Waals surface area (Å²) in [5.41, 5.74) is 4.82. The number of nitrogen functional groups attached to an aromatic ring is 1. The first-order valence-corrected chi connectivity index (χ1v) is 7.25. The van der Waals surface area contributed by atoms with Crippen molar-refractivity contribution in [2.24, 2.45) is 5.92 Å². The number of hydrogen-bond acceptors (Lipinski definition) is 4. The molecule has 0 aromatic carbocycles. The lowest BCUT2D eigenvalue weighted by Gasteiger charge is -2.22. The van der Waals surface area contributed by atoms with E-state index in [1.165, 1.54) is 16.5 Å². The van der Waals surface area contributed by atoms with Crippen LogP contribution in [0.2, 0.25) is 0 Å². The number of H-pyrrole nitrogens is 1. The SMILES string of the molecule is CCCCn1c(N)c(N(C)C(=O)C(C)CC)c(=O)[nH]c1=O. The van der Waals surface area contributed by atoms with Gasteiger partial charge in [0.05, 0.1) is 0 Å². The number of aromatic nitrogens is 2. The summed E-state index contributed by atoms with van der Waals surface area (Å²) >= 11 is 0. The van der Waals surface area contributed by atoms with Crippen LogP contribution in [-0.2, 0) is 11.3 Å². The van der Waals surface area contributed by atoms with Gasteiger partial charge in [0.1, 0.15) is 5.82 Å². The van der Waals surface area contributed by atoms with Crippen LogP contribution in [0.4, 0.5) is 11.5 Å². The quantitative estimate of drug-likeness (QED) is 0.815. The van der Waals surface area contributed by atoms with E-state index in [1.807, 2.05) is 13.8 Å². The van der Waals surface area contributed by atoms with Gasteiger partial charge in [-0.15, -0.1) is 0 Å². The fraction of sp³-hybridized carbons (Fsp3) is 0.643. The first-order valence-electron chi connectivity index (χ1n) is 7.25. The van der Waals surface area contributed by atoms with Crippen LogP contribution in [-0.4, -0.2) is 22.5 Å². The number of aromatic amines is 1. The molecule has 1 atom stereocenters. The van der Waals surface area contributed by atoms with Crippen molar-refractivity contribution in [1.82, 2.24) is 9.55 Å². The van der Waals surface area contributed by atoms with Gasteiger partial charge < -0.3 is 10.6 Å². The minimum atomic E-state index is -0.635. The fourth-order valence-corrected chi connectivity index (χ4v) is 2.06. The van der Waals surface area contributed by atoms with E-state index >= 15 is 0 Å². The third-order valence-corrected chi connectivity index (χ3v) is 3.65. The Bertz CT molecular complexity index is 618. The van der Waals surface area contributed by atoms with E-state index in [0.717, 1.165) is 12.8 Å². The van der Waals surface area contributed by atoms with E-state index in [2.05, 4.69) is 4.98 Å². The molecule has 1 heterocycles.